The van der Waals surface area contributed by atoms with Crippen molar-refractivity contribution < 1.29 is 0 Å². The van der Waals surface area contributed by atoms with Crippen LogP contribution in [0.3, 0.4) is 0 Å². The summed E-state index contributed by atoms with van der Waals surface area (Å²) in [6.07, 6.45) is 13.2. The Morgan fingerprint density at radius 2 is 1.05 bits per heavy atom. The van der Waals surface area contributed by atoms with Crippen LogP contribution in [0.5, 0.6) is 0 Å². The van der Waals surface area contributed by atoms with Gasteiger partial charge in [-0.2, -0.15) is 0 Å². The van der Waals surface area contributed by atoms with Crippen LogP contribution in [-0.4, -0.2) is 4.57 Å². The minimum atomic E-state index is 0.127. The molecule has 0 radical (unpaired) electrons. The zero-order valence-corrected chi connectivity index (χ0v) is 34.7. The van der Waals surface area contributed by atoms with Gasteiger partial charge in [0, 0.05) is 44.4 Å². The molecular weight excluding hydrogens is 725 g/mol. The second kappa shape index (κ2) is 13.1. The minimum Gasteiger partial charge on any atom is -0.310 e. The third-order valence-corrected chi connectivity index (χ3v) is 16.5. The zero-order valence-electron chi connectivity index (χ0n) is 34.7. The Morgan fingerprint density at radius 1 is 0.500 bits per heavy atom. The van der Waals surface area contributed by atoms with E-state index in [0.717, 1.165) is 5.92 Å². The highest BCUT2D eigenvalue weighted by molar-refractivity contribution is 6.10. The molecule has 60 heavy (non-hydrogen) atoms. The lowest BCUT2D eigenvalue weighted by molar-refractivity contribution is 0.0492. The molecule has 2 bridgehead atoms. The van der Waals surface area contributed by atoms with Gasteiger partial charge in [-0.05, 0) is 155 Å². The maximum absolute atomic E-state index is 2.59. The zero-order chi connectivity index (χ0) is 39.6. The topological polar surface area (TPSA) is 8.17 Å². The summed E-state index contributed by atoms with van der Waals surface area (Å²) >= 11 is 0. The number of hydrogen-bond donors (Lipinski definition) is 0. The number of rotatable bonds is 5. The average Bonchev–Trinajstić information content (AvgIpc) is 4.05. The molecule has 2 spiro atoms. The fraction of sp³-hybridized carbons (Fsp3) is 0.276. The van der Waals surface area contributed by atoms with E-state index >= 15 is 0 Å². The first-order valence-electron chi connectivity index (χ1n) is 23.0. The quantitative estimate of drug-likeness (QED) is 0.169. The van der Waals surface area contributed by atoms with Crippen molar-refractivity contribution in [2.45, 2.75) is 82.0 Å². The van der Waals surface area contributed by atoms with Crippen LogP contribution in [0, 0.1) is 17.8 Å². The molecule has 3 saturated carbocycles. The van der Waals surface area contributed by atoms with E-state index in [-0.39, 0.29) is 10.8 Å². The van der Waals surface area contributed by atoms with Crippen LogP contribution in [0.25, 0.3) is 49.7 Å². The van der Waals surface area contributed by atoms with Crippen LogP contribution in [0.1, 0.15) is 93.4 Å². The number of benzene rings is 7. The molecule has 8 aromatic rings. The van der Waals surface area contributed by atoms with Gasteiger partial charge in [0.1, 0.15) is 0 Å². The number of hydrogen-bond acceptors (Lipinski definition) is 1. The largest absolute Gasteiger partial charge is 0.310 e. The smallest absolute Gasteiger partial charge is 0.0561 e. The maximum Gasteiger partial charge on any atom is 0.0561 e. The van der Waals surface area contributed by atoms with Crippen LogP contribution in [0.4, 0.5) is 17.1 Å². The van der Waals surface area contributed by atoms with Crippen LogP contribution in [0.15, 0.2) is 158 Å². The first kappa shape index (κ1) is 34.9. The number of aromatic nitrogens is 1. The monoisotopic (exact) mass is 776 g/mol. The summed E-state index contributed by atoms with van der Waals surface area (Å²) in [5.74, 6) is 2.27. The lowest BCUT2D eigenvalue weighted by Gasteiger charge is -2.55. The van der Waals surface area contributed by atoms with Crippen molar-refractivity contribution in [2.24, 2.45) is 17.8 Å². The highest BCUT2D eigenvalue weighted by Gasteiger charge is 2.57. The molecule has 2 heteroatoms. The van der Waals surface area contributed by atoms with Crippen LogP contribution in [0.2, 0.25) is 0 Å². The van der Waals surface area contributed by atoms with Gasteiger partial charge in [-0.15, -0.1) is 0 Å². The number of anilines is 3. The molecule has 0 amide bonds. The van der Waals surface area contributed by atoms with Crippen LogP contribution >= 0.6 is 0 Å². The third-order valence-electron chi connectivity index (χ3n) is 16.5. The molecule has 2 unspecified atom stereocenters. The lowest BCUT2D eigenvalue weighted by Crippen LogP contribution is -2.49. The first-order chi connectivity index (χ1) is 29.7. The second-order valence-electron chi connectivity index (χ2n) is 19.0. The van der Waals surface area contributed by atoms with Crippen molar-refractivity contribution in [3.63, 3.8) is 0 Å². The summed E-state index contributed by atoms with van der Waals surface area (Å²) in [5.41, 5.74) is 19.6. The van der Waals surface area contributed by atoms with E-state index in [1.54, 1.807) is 11.1 Å². The fourth-order valence-electron chi connectivity index (χ4n) is 14.1. The predicted octanol–water partition coefficient (Wildman–Crippen LogP) is 15.6. The highest BCUT2D eigenvalue weighted by Crippen LogP contribution is 2.66. The van der Waals surface area contributed by atoms with Crippen molar-refractivity contribution in [2.75, 3.05) is 4.90 Å². The fourth-order valence-corrected chi connectivity index (χ4v) is 14.1. The van der Waals surface area contributed by atoms with Gasteiger partial charge in [-0.1, -0.05) is 136 Å². The van der Waals surface area contributed by atoms with E-state index in [4.69, 9.17) is 0 Å². The molecule has 0 aliphatic heterocycles. The van der Waals surface area contributed by atoms with E-state index in [1.807, 2.05) is 0 Å². The standard InChI is InChI=1S/C58H52N2/c1-2-38-33-39-15-14-16-40(34-38)58(39)53-23-10-7-20-46(53)50-36-43(27-30-54(50)58)59(42-26-29-52-49(35-42)45-19-6-9-22-51(45)57(52)31-12-13-32-57)44-25-28-48-47-21-8-11-24-55(47)60(56(48)37-44)41-17-4-3-5-18-41/h3-11,17-30,35-40H,2,12-16,31-34H2,1H3. The SMILES string of the molecule is CCC1CC2CCCC(C1)C21c2ccccc2-c2cc(N(c3ccc4c(c3)-c3ccccc3C43CCCC3)c3ccc4c5ccccc5n(-c5ccccc5)c4c3)ccc21. The molecule has 294 valence electrons. The Kier molecular flexibility index (Phi) is 7.61. The first-order valence-corrected chi connectivity index (χ1v) is 23.0. The Hall–Kier alpha value is -5.86. The molecule has 13 rings (SSSR count). The molecule has 5 aliphatic rings. The Morgan fingerprint density at radius 3 is 1.80 bits per heavy atom. The highest BCUT2D eigenvalue weighted by atomic mass is 15.1. The van der Waals surface area contributed by atoms with Gasteiger partial charge >= 0.3 is 0 Å². The normalized spacial score (nSPS) is 22.9. The van der Waals surface area contributed by atoms with Crippen LogP contribution in [-0.2, 0) is 10.8 Å². The van der Waals surface area contributed by atoms with Gasteiger partial charge in [0.05, 0.1) is 11.0 Å². The maximum atomic E-state index is 2.59. The Labute approximate surface area is 354 Å². The predicted molar refractivity (Wildman–Crippen MR) is 250 cm³/mol. The van der Waals surface area contributed by atoms with Gasteiger partial charge in [0.25, 0.3) is 0 Å². The summed E-state index contributed by atoms with van der Waals surface area (Å²) < 4.78 is 2.46. The Bertz CT molecular complexity index is 2980. The van der Waals surface area contributed by atoms with Crippen LogP contribution < -0.4 is 4.90 Å². The molecule has 3 fully saturated rings. The van der Waals surface area contributed by atoms with E-state index < -0.39 is 0 Å². The average molecular weight is 777 g/mol. The second-order valence-corrected chi connectivity index (χ2v) is 19.0. The number of fused-ring (bicyclic) bond motifs is 11. The van der Waals surface area contributed by atoms with E-state index in [9.17, 15) is 0 Å². The molecule has 0 saturated heterocycles. The van der Waals surface area contributed by atoms with Gasteiger partial charge in [0.2, 0.25) is 0 Å². The van der Waals surface area contributed by atoms with E-state index in [1.165, 1.54) is 142 Å². The molecule has 2 atom stereocenters. The molecular formula is C58H52N2. The van der Waals surface area contributed by atoms with Crippen molar-refractivity contribution >= 4 is 38.9 Å². The molecule has 5 aliphatic carbocycles. The number of para-hydroxylation sites is 2. The lowest BCUT2D eigenvalue weighted by atomic mass is 9.49. The van der Waals surface area contributed by atoms with Gasteiger partial charge < -0.3 is 9.47 Å². The van der Waals surface area contributed by atoms with Crippen molar-refractivity contribution in [1.82, 2.24) is 4.57 Å². The molecule has 1 heterocycles. The molecule has 7 aromatic carbocycles. The summed E-state index contributed by atoms with van der Waals surface area (Å²) in [4.78, 5) is 2.58. The van der Waals surface area contributed by atoms with E-state index in [2.05, 4.69) is 174 Å². The van der Waals surface area contributed by atoms with Gasteiger partial charge in [-0.3, -0.25) is 0 Å². The van der Waals surface area contributed by atoms with Gasteiger partial charge in [0.15, 0.2) is 0 Å². The molecule has 1 aromatic heterocycles. The van der Waals surface area contributed by atoms with Crippen molar-refractivity contribution in [3.05, 3.63) is 180 Å². The van der Waals surface area contributed by atoms with Crippen molar-refractivity contribution in [1.29, 1.82) is 0 Å². The summed E-state index contributed by atoms with van der Waals surface area (Å²) in [7, 11) is 0. The minimum absolute atomic E-state index is 0.127. The third kappa shape index (κ3) is 4.66. The van der Waals surface area contributed by atoms with Crippen molar-refractivity contribution in [3.8, 4) is 27.9 Å². The van der Waals surface area contributed by atoms with E-state index in [0.29, 0.717) is 11.8 Å². The summed E-state index contributed by atoms with van der Waals surface area (Å²) in [6, 6.07) is 61.0. The summed E-state index contributed by atoms with van der Waals surface area (Å²) in [6.45, 7) is 2.43. The molecule has 0 N–H and O–H groups in total. The molecule has 2 nitrogen and oxygen atoms in total. The number of nitrogens with zero attached hydrogens (tertiary/aromatic N) is 2. The van der Waals surface area contributed by atoms with Gasteiger partial charge in [-0.25, -0.2) is 0 Å². The summed E-state index contributed by atoms with van der Waals surface area (Å²) in [5, 5.41) is 2.57. The Balaban J connectivity index is 1.05.